The molecule has 12 heterocycles. The van der Waals surface area contributed by atoms with E-state index in [4.69, 9.17) is 65.4 Å². The van der Waals surface area contributed by atoms with Crippen molar-refractivity contribution in [3.63, 3.8) is 0 Å². The highest BCUT2D eigenvalue weighted by atomic mass is 35.5. The van der Waals surface area contributed by atoms with Crippen molar-refractivity contribution in [1.29, 1.82) is 0 Å². The molecule has 4 amide bonds. The van der Waals surface area contributed by atoms with Crippen LogP contribution in [0.15, 0.2) is 301 Å². The fourth-order valence-electron chi connectivity index (χ4n) is 18.6. The molecule has 20 rings (SSSR count). The Balaban J connectivity index is 0.000000130. The molecule has 0 spiro atoms. The number of amides is 4. The summed E-state index contributed by atoms with van der Waals surface area (Å²) in [5.74, 6) is 0.768. The molecule has 142 heavy (non-hydrogen) atoms. The van der Waals surface area contributed by atoms with Crippen molar-refractivity contribution in [3.05, 3.63) is 400 Å². The van der Waals surface area contributed by atoms with Crippen molar-refractivity contribution in [2.75, 3.05) is 52.4 Å². The minimum atomic E-state index is -0.338. The first-order valence-electron chi connectivity index (χ1n) is 45.9. The number of carbonyl (C=O) groups excluding carboxylic acids is 4. The van der Waals surface area contributed by atoms with Gasteiger partial charge >= 0.3 is 22.8 Å². The van der Waals surface area contributed by atoms with E-state index in [0.717, 1.165) is 55.4 Å². The summed E-state index contributed by atoms with van der Waals surface area (Å²) in [4.78, 5) is 127. The van der Waals surface area contributed by atoms with Gasteiger partial charge in [0.1, 0.15) is 61.1 Å². The van der Waals surface area contributed by atoms with Crippen LogP contribution in [0.3, 0.4) is 0 Å². The summed E-state index contributed by atoms with van der Waals surface area (Å²) in [6, 6.07) is 53.4. The lowest BCUT2D eigenvalue weighted by Gasteiger charge is -2.15. The number of halogens is 6. The summed E-state index contributed by atoms with van der Waals surface area (Å²) in [6.07, 6.45) is 21.1. The molecule has 4 saturated heterocycles. The highest BCUT2D eigenvalue weighted by Gasteiger charge is 2.36. The minimum absolute atomic E-state index is 0.0238. The van der Waals surface area contributed by atoms with Crippen LogP contribution in [-0.2, 0) is 45.6 Å². The summed E-state index contributed by atoms with van der Waals surface area (Å²) in [6.45, 7) is 26.9. The molecule has 4 fully saturated rings. The van der Waals surface area contributed by atoms with Gasteiger partial charge < -0.3 is 38.5 Å². The number of pyridine rings is 4. The topological polar surface area (TPSA) is 277 Å². The van der Waals surface area contributed by atoms with Crippen molar-refractivity contribution >= 4 is 114 Å². The number of aryl methyl sites for hydroxylation is 4. The number of carbonyl (C=O) groups is 4. The van der Waals surface area contributed by atoms with E-state index in [1.165, 1.54) is 36.4 Å². The number of rotatable bonds is 24. The monoisotopic (exact) mass is 1990 g/mol. The van der Waals surface area contributed by atoms with Gasteiger partial charge in [0.05, 0.1) is 136 Å². The molecule has 0 bridgehead atoms. The first-order valence-corrected chi connectivity index (χ1v) is 47.4. The van der Waals surface area contributed by atoms with Crippen LogP contribution in [0, 0.1) is 39.3 Å². The molecule has 8 aromatic carbocycles. The van der Waals surface area contributed by atoms with Crippen LogP contribution in [-0.4, -0.2) is 152 Å². The van der Waals surface area contributed by atoms with Crippen LogP contribution < -0.4 is 41.7 Å². The Morgan fingerprint density at radius 2 is 0.662 bits per heavy atom. The molecule has 0 radical (unpaired) electrons. The number of aromatic nitrogens is 12. The molecule has 0 aliphatic carbocycles. The average Bonchev–Trinajstić information content (AvgIpc) is 1.61. The Kier molecular flexibility index (Phi) is 29.8. The number of nitrogens with zero attached hydrogens (tertiary/aromatic N) is 16. The summed E-state index contributed by atoms with van der Waals surface area (Å²) in [5.41, 5.74) is 14.1. The Bertz CT molecular complexity index is 7890. The van der Waals surface area contributed by atoms with Crippen LogP contribution in [0.5, 0.6) is 23.0 Å². The second kappa shape index (κ2) is 43.1. The van der Waals surface area contributed by atoms with Crippen molar-refractivity contribution in [1.82, 2.24) is 76.1 Å². The third kappa shape index (κ3) is 20.6. The summed E-state index contributed by atoms with van der Waals surface area (Å²) < 4.78 is 64.5. The zero-order chi connectivity index (χ0) is 99.8. The van der Waals surface area contributed by atoms with Crippen LogP contribution in [0.4, 0.5) is 8.78 Å². The standard InChI is InChI=1S/2C27H24ClFN4O3.2C27H25ClN4O3/c1-3-26(34)31-11-9-20(15-31)33-23-8-10-30-14-24(23)32(27(33)35)19-5-7-25(21(28)13-19)36-16-18-4-6-22(29)17(2)12-18;1-3-26(34)31-11-9-20(15-31)33-23-8-10-30-14-24(23)32(27(33)35)19-6-7-25(21(28)13-19)36-16-18-5-4-17(2)12-22(18)29;1-3-26(33)30-12-10-21(16-30)32-23-9-11-29-15-24(23)31(27(32)34)20-7-8-25(22(28)14-20)35-17-19-6-4-5-18(2)13-19;1-3-26(33)30-13-11-21(16-30)32-23-10-12-29-15-24(23)31(27(32)34)20-8-9-25(22(28)14-20)35-17-19-7-5-4-6-18(19)2/h2*3-8,10,12-14,20H,1,9,11,15-16H2,2H3;3-9,11,13-15,21H,1,10,12,16-17H2,2H3;3-10,12,14-15,21H,1,11,13,16-17H2,2H3/t2*20-;2*21-/m1111/s1. The average molecular weight is 1990 g/mol. The molecular weight excluding hydrogens is 1890 g/mol. The SMILES string of the molecule is C=CC(=O)N1CC[C@@H](n2c(=O)n(-c3ccc(OCc4ccc(C)cc4F)c(Cl)c3)c3cnccc32)C1.C=CC(=O)N1CC[C@@H](n2c(=O)n(-c3ccc(OCc4ccc(F)c(C)c4)c(Cl)c3)c3cnccc32)C1.C=CC(=O)N1CC[C@@H](n2c(=O)n(-c3ccc(OCc4cccc(C)c4)c(Cl)c3)c3cnccc32)C1.C=CC(=O)N1CC[C@@H](n2c(=O)n(-c3ccc(OCc4ccccc4C)c(Cl)c3)c3cnccc32)C1. The Labute approximate surface area is 834 Å². The zero-order valence-electron chi connectivity index (χ0n) is 78.0. The molecule has 4 aliphatic heterocycles. The lowest BCUT2D eigenvalue weighted by Crippen LogP contribution is -2.31. The number of ether oxygens (including phenoxy) is 4. The predicted molar refractivity (Wildman–Crippen MR) is 545 cm³/mol. The van der Waals surface area contributed by atoms with Crippen molar-refractivity contribution < 1.29 is 46.9 Å². The molecular formula is C108H98Cl4F2N16O12. The predicted octanol–water partition coefficient (Wildman–Crippen LogP) is 19.0. The second-order valence-electron chi connectivity index (χ2n) is 34.8. The first-order chi connectivity index (χ1) is 68.7. The second-order valence-corrected chi connectivity index (χ2v) is 36.5. The van der Waals surface area contributed by atoms with E-state index in [2.05, 4.69) is 52.3 Å². The minimum Gasteiger partial charge on any atom is -0.487 e. The molecule has 8 aromatic heterocycles. The summed E-state index contributed by atoms with van der Waals surface area (Å²) in [5, 5.41) is 1.46. The zero-order valence-corrected chi connectivity index (χ0v) is 81.0. The third-order valence-corrected chi connectivity index (χ3v) is 27.0. The van der Waals surface area contributed by atoms with Gasteiger partial charge in [0.15, 0.2) is 0 Å². The number of hydrogen-bond donors (Lipinski definition) is 0. The van der Waals surface area contributed by atoms with Crippen LogP contribution in [0.2, 0.25) is 20.1 Å². The Morgan fingerprint density at radius 3 is 0.979 bits per heavy atom. The third-order valence-electron chi connectivity index (χ3n) is 25.8. The molecule has 0 saturated carbocycles. The van der Waals surface area contributed by atoms with Crippen LogP contribution in [0.1, 0.15) is 94.4 Å². The van der Waals surface area contributed by atoms with E-state index in [9.17, 15) is 47.1 Å². The highest BCUT2D eigenvalue weighted by molar-refractivity contribution is 6.33. The van der Waals surface area contributed by atoms with E-state index in [0.29, 0.717) is 190 Å². The molecule has 0 N–H and O–H groups in total. The maximum atomic E-state index is 14.2. The van der Waals surface area contributed by atoms with Crippen LogP contribution in [0.25, 0.3) is 66.9 Å². The Morgan fingerprint density at radius 1 is 0.338 bits per heavy atom. The number of likely N-dealkylation sites (tertiary alicyclic amines) is 4. The lowest BCUT2D eigenvalue weighted by atomic mass is 10.1. The van der Waals surface area contributed by atoms with E-state index < -0.39 is 0 Å². The summed E-state index contributed by atoms with van der Waals surface area (Å²) in [7, 11) is 0. The maximum Gasteiger partial charge on any atom is 0.334 e. The molecule has 724 valence electrons. The lowest BCUT2D eigenvalue weighted by molar-refractivity contribution is -0.125. The highest BCUT2D eigenvalue weighted by Crippen LogP contribution is 2.38. The van der Waals surface area contributed by atoms with Gasteiger partial charge in [0.25, 0.3) is 0 Å². The van der Waals surface area contributed by atoms with E-state index in [1.807, 2.05) is 93.6 Å². The fraction of sp³-hybridized carbons (Fsp3) is 0.222. The van der Waals surface area contributed by atoms with Crippen LogP contribution >= 0.6 is 46.4 Å². The van der Waals surface area contributed by atoms with Gasteiger partial charge in [-0.3, -0.25) is 75.7 Å². The molecule has 34 heteroatoms. The number of imidazole rings is 4. The van der Waals surface area contributed by atoms with E-state index >= 15 is 0 Å². The first kappa shape index (κ1) is 98.1. The molecule has 4 atom stereocenters. The maximum absolute atomic E-state index is 14.2. The van der Waals surface area contributed by atoms with Gasteiger partial charge in [0.2, 0.25) is 23.6 Å². The van der Waals surface area contributed by atoms with Crippen molar-refractivity contribution in [2.24, 2.45) is 0 Å². The van der Waals surface area contributed by atoms with E-state index in [1.54, 1.807) is 204 Å². The van der Waals surface area contributed by atoms with Gasteiger partial charge in [-0.1, -0.05) is 145 Å². The normalized spacial score (nSPS) is 15.5. The van der Waals surface area contributed by atoms with Crippen molar-refractivity contribution in [2.45, 2.75) is 104 Å². The number of benzene rings is 8. The van der Waals surface area contributed by atoms with Crippen molar-refractivity contribution in [3.8, 4) is 45.7 Å². The smallest absolute Gasteiger partial charge is 0.334 e. The van der Waals surface area contributed by atoms with E-state index in [-0.39, 0.29) is 95.4 Å². The van der Waals surface area contributed by atoms with Gasteiger partial charge in [-0.2, -0.15) is 0 Å². The molecule has 0 unspecified atom stereocenters. The quantitative estimate of drug-likeness (QED) is 0.0508. The molecule has 4 aliphatic rings. The van der Waals surface area contributed by atoms with Gasteiger partial charge in [-0.15, -0.1) is 0 Å². The number of fused-ring (bicyclic) bond motifs is 4. The largest absolute Gasteiger partial charge is 0.487 e. The molecule has 16 aromatic rings. The number of hydrogen-bond acceptors (Lipinski definition) is 16. The van der Waals surface area contributed by atoms with Gasteiger partial charge in [-0.25, -0.2) is 28.0 Å². The summed E-state index contributed by atoms with van der Waals surface area (Å²) >= 11 is 26.2. The fourth-order valence-corrected chi connectivity index (χ4v) is 19.5. The van der Waals surface area contributed by atoms with Gasteiger partial charge in [-0.05, 0) is 226 Å². The molecule has 28 nitrogen and oxygen atoms in total. The van der Waals surface area contributed by atoms with Gasteiger partial charge in [0, 0.05) is 82.7 Å². The Hall–Kier alpha value is -15.5.